The zero-order chi connectivity index (χ0) is 24.3. The molecule has 0 saturated carbocycles. The third kappa shape index (κ3) is 4.31. The van der Waals surface area contributed by atoms with E-state index in [9.17, 15) is 4.79 Å². The van der Waals surface area contributed by atoms with Crippen molar-refractivity contribution in [3.8, 4) is 0 Å². The summed E-state index contributed by atoms with van der Waals surface area (Å²) in [5.41, 5.74) is 6.57. The molecule has 1 aliphatic rings. The number of hydrogen-bond donors (Lipinski definition) is 1. The van der Waals surface area contributed by atoms with Crippen molar-refractivity contribution >= 4 is 22.5 Å². The second kappa shape index (κ2) is 9.62. The van der Waals surface area contributed by atoms with E-state index in [1.807, 2.05) is 24.3 Å². The molecule has 0 fully saturated rings. The smallest absolute Gasteiger partial charge is 0.313 e. The van der Waals surface area contributed by atoms with Crippen LogP contribution in [0.5, 0.6) is 0 Å². The Balaban J connectivity index is 1.37. The van der Waals surface area contributed by atoms with Gasteiger partial charge in [-0.15, -0.1) is 0 Å². The van der Waals surface area contributed by atoms with Gasteiger partial charge in [-0.25, -0.2) is 4.79 Å². The summed E-state index contributed by atoms with van der Waals surface area (Å²) in [6.07, 6.45) is 2.16. The summed E-state index contributed by atoms with van der Waals surface area (Å²) in [7, 11) is 0. The Morgan fingerprint density at radius 2 is 1.58 bits per heavy atom. The van der Waals surface area contributed by atoms with Crippen molar-refractivity contribution < 1.29 is 9.63 Å². The summed E-state index contributed by atoms with van der Waals surface area (Å²) >= 11 is 0. The van der Waals surface area contributed by atoms with E-state index in [0.29, 0.717) is 18.4 Å². The highest BCUT2D eigenvalue weighted by atomic mass is 16.7. The van der Waals surface area contributed by atoms with E-state index in [0.717, 1.165) is 29.1 Å². The van der Waals surface area contributed by atoms with Gasteiger partial charge in [0, 0.05) is 24.1 Å². The van der Waals surface area contributed by atoms with E-state index in [1.165, 1.54) is 21.9 Å². The molecule has 0 aliphatic heterocycles. The fourth-order valence-corrected chi connectivity index (χ4v) is 5.09. The molecule has 1 N–H and O–H groups in total. The van der Waals surface area contributed by atoms with Gasteiger partial charge in [-0.2, -0.15) is 5.10 Å². The molecule has 0 amide bonds. The van der Waals surface area contributed by atoms with Crippen LogP contribution in [0.3, 0.4) is 0 Å². The topological polar surface area (TPSA) is 67.3 Å². The van der Waals surface area contributed by atoms with E-state index >= 15 is 0 Å². The highest BCUT2D eigenvalue weighted by molar-refractivity contribution is 6.04. The molecule has 1 aromatic heterocycles. The number of nitrogens with zero attached hydrogens (tertiary/aromatic N) is 2. The van der Waals surface area contributed by atoms with Crippen molar-refractivity contribution in [3.63, 3.8) is 0 Å². The zero-order valence-electron chi connectivity index (χ0n) is 19.7. The molecule has 0 saturated heterocycles. The average molecular weight is 472 g/mol. The van der Waals surface area contributed by atoms with Crippen molar-refractivity contribution in [2.45, 2.75) is 25.2 Å². The molecular weight excluding hydrogens is 446 g/mol. The third-order valence-corrected chi connectivity index (χ3v) is 6.85. The zero-order valence-corrected chi connectivity index (χ0v) is 19.7. The van der Waals surface area contributed by atoms with Crippen LogP contribution in [0, 0.1) is 0 Å². The fraction of sp³-hybridized carbons (Fsp3) is 0.129. The van der Waals surface area contributed by atoms with Gasteiger partial charge in [-0.3, -0.25) is 5.10 Å². The minimum absolute atomic E-state index is 0.221. The predicted octanol–water partition coefficient (Wildman–Crippen LogP) is 6.44. The Hall–Kier alpha value is -4.51. The van der Waals surface area contributed by atoms with E-state index in [4.69, 9.17) is 9.94 Å². The summed E-state index contributed by atoms with van der Waals surface area (Å²) in [5, 5.41) is 14.8. The third-order valence-electron chi connectivity index (χ3n) is 6.85. The van der Waals surface area contributed by atoms with E-state index in [-0.39, 0.29) is 5.92 Å². The van der Waals surface area contributed by atoms with Crippen molar-refractivity contribution in [3.05, 3.63) is 137 Å². The Morgan fingerprint density at radius 1 is 0.861 bits per heavy atom. The van der Waals surface area contributed by atoms with Crippen LogP contribution < -0.4 is 0 Å². The van der Waals surface area contributed by atoms with Gasteiger partial charge in [0.2, 0.25) is 0 Å². The van der Waals surface area contributed by atoms with Gasteiger partial charge in [-0.05, 0) is 46.4 Å². The molecule has 0 bridgehead atoms. The molecule has 1 aliphatic carbocycles. The minimum Gasteiger partial charge on any atom is -0.313 e. The Bertz CT molecular complexity index is 1550. The Kier molecular flexibility index (Phi) is 5.88. The van der Waals surface area contributed by atoms with Crippen LogP contribution in [0.1, 0.15) is 50.8 Å². The largest absolute Gasteiger partial charge is 0.365 e. The molecule has 1 unspecified atom stereocenters. The monoisotopic (exact) mass is 471 g/mol. The molecule has 5 heteroatoms. The summed E-state index contributed by atoms with van der Waals surface area (Å²) in [5.74, 6) is -0.246. The van der Waals surface area contributed by atoms with E-state index in [1.54, 1.807) is 12.1 Å². The summed E-state index contributed by atoms with van der Waals surface area (Å²) in [6, 6.07) is 34.1. The molecule has 5 nitrogen and oxygen atoms in total. The number of fused-ring (bicyclic) bond motifs is 2. The van der Waals surface area contributed by atoms with E-state index < -0.39 is 5.97 Å². The van der Waals surface area contributed by atoms with Crippen LogP contribution in [0.15, 0.2) is 108 Å². The number of aromatic nitrogens is 2. The van der Waals surface area contributed by atoms with Crippen molar-refractivity contribution in [2.75, 3.05) is 0 Å². The van der Waals surface area contributed by atoms with Gasteiger partial charge < -0.3 is 4.84 Å². The second-order valence-corrected chi connectivity index (χ2v) is 9.14. The van der Waals surface area contributed by atoms with Crippen LogP contribution in [-0.2, 0) is 17.7 Å². The molecule has 0 spiro atoms. The maximum atomic E-state index is 12.7. The minimum atomic E-state index is -0.467. The lowest BCUT2D eigenvalue weighted by atomic mass is 9.80. The summed E-state index contributed by atoms with van der Waals surface area (Å²) in [6.45, 7) is 0. The normalized spacial score (nSPS) is 16.1. The average Bonchev–Trinajstić information content (AvgIpc) is 3.35. The maximum Gasteiger partial charge on any atom is 0.365 e. The lowest BCUT2D eigenvalue weighted by Crippen LogP contribution is -2.21. The number of carbonyl (C=O) groups is 1. The lowest BCUT2D eigenvalue weighted by molar-refractivity contribution is 0.0515. The number of rotatable bonds is 5. The lowest BCUT2D eigenvalue weighted by Gasteiger charge is -2.24. The first-order valence-electron chi connectivity index (χ1n) is 12.2. The van der Waals surface area contributed by atoms with Gasteiger partial charge in [0.25, 0.3) is 0 Å². The maximum absolute atomic E-state index is 12.7. The Labute approximate surface area is 209 Å². The summed E-state index contributed by atoms with van der Waals surface area (Å²) < 4.78 is 0. The summed E-state index contributed by atoms with van der Waals surface area (Å²) in [4.78, 5) is 18.1. The predicted molar refractivity (Wildman–Crippen MR) is 141 cm³/mol. The van der Waals surface area contributed by atoms with Gasteiger partial charge in [-0.1, -0.05) is 96.2 Å². The van der Waals surface area contributed by atoms with Gasteiger partial charge in [0.05, 0.1) is 17.0 Å². The van der Waals surface area contributed by atoms with Gasteiger partial charge >= 0.3 is 5.97 Å². The second-order valence-electron chi connectivity index (χ2n) is 9.14. The SMILES string of the molecule is O=C(ON=C1CC(c2ccccc2)Cc2[nH]nc(Cc3cccc4ccccc34)c21)c1ccccc1. The van der Waals surface area contributed by atoms with Crippen molar-refractivity contribution in [2.24, 2.45) is 5.16 Å². The number of oxime groups is 1. The van der Waals surface area contributed by atoms with E-state index in [2.05, 4.69) is 77.0 Å². The number of hydrogen-bond acceptors (Lipinski definition) is 4. The number of benzene rings is 4. The van der Waals surface area contributed by atoms with Crippen LogP contribution in [0.2, 0.25) is 0 Å². The molecule has 4 aromatic carbocycles. The first kappa shape index (κ1) is 22.0. The molecule has 176 valence electrons. The first-order valence-corrected chi connectivity index (χ1v) is 12.2. The Morgan fingerprint density at radius 3 is 2.42 bits per heavy atom. The standard InChI is InChI=1S/C31H25N3O2/c35-31(23-13-5-2-6-14-23)36-34-29-20-25(21-10-3-1-4-11-21)19-28-30(29)27(32-33-28)18-24-16-9-15-22-12-7-8-17-26(22)24/h1-17,25H,18-20H2,(H,32,33). The fourth-order valence-electron chi connectivity index (χ4n) is 5.09. The van der Waals surface area contributed by atoms with Crippen molar-refractivity contribution in [1.82, 2.24) is 10.2 Å². The first-order chi connectivity index (χ1) is 17.8. The molecular formula is C31H25N3O2. The molecule has 5 aromatic rings. The number of H-pyrrole nitrogens is 1. The molecule has 1 atom stereocenters. The molecule has 36 heavy (non-hydrogen) atoms. The molecule has 6 rings (SSSR count). The van der Waals surface area contributed by atoms with Gasteiger partial charge in [0.1, 0.15) is 0 Å². The molecule has 1 heterocycles. The quantitative estimate of drug-likeness (QED) is 0.237. The molecule has 0 radical (unpaired) electrons. The highest BCUT2D eigenvalue weighted by Crippen LogP contribution is 2.35. The van der Waals surface area contributed by atoms with Crippen LogP contribution >= 0.6 is 0 Å². The van der Waals surface area contributed by atoms with Crippen LogP contribution in [0.25, 0.3) is 10.8 Å². The highest BCUT2D eigenvalue weighted by Gasteiger charge is 2.30. The van der Waals surface area contributed by atoms with Gasteiger partial charge in [0.15, 0.2) is 0 Å². The van der Waals surface area contributed by atoms with Crippen LogP contribution in [-0.4, -0.2) is 21.9 Å². The van der Waals surface area contributed by atoms with Crippen LogP contribution in [0.4, 0.5) is 0 Å². The number of nitrogens with one attached hydrogen (secondary N) is 1. The number of carbonyl (C=O) groups excluding carboxylic acids is 1. The van der Waals surface area contributed by atoms with Crippen molar-refractivity contribution in [1.29, 1.82) is 0 Å². The number of aromatic amines is 1.